The third-order valence-electron chi connectivity index (χ3n) is 21.2. The summed E-state index contributed by atoms with van der Waals surface area (Å²) < 4.78 is 41.1. The van der Waals surface area contributed by atoms with Gasteiger partial charge in [0.1, 0.15) is 11.5 Å². The monoisotopic (exact) mass is 1310 g/mol. The van der Waals surface area contributed by atoms with Crippen LogP contribution in [0.2, 0.25) is 0 Å². The molecule has 2 saturated carbocycles. The molecule has 0 radical (unpaired) electrons. The maximum atomic E-state index is 7.14. The summed E-state index contributed by atoms with van der Waals surface area (Å²) in [5.74, 6) is 3.24. The van der Waals surface area contributed by atoms with E-state index in [1.54, 1.807) is 0 Å². The smallest absolute Gasteiger partial charge is 0.417 e. The molecule has 0 aromatic heterocycles. The van der Waals surface area contributed by atoms with Crippen molar-refractivity contribution in [3.8, 4) is 11.5 Å². The van der Waals surface area contributed by atoms with Crippen molar-refractivity contribution >= 4 is 17.2 Å². The molecule has 0 saturated heterocycles. The summed E-state index contributed by atoms with van der Waals surface area (Å²) in [5.41, 5.74) is 2.82. The van der Waals surface area contributed by atoms with Crippen LogP contribution >= 0.6 is 17.2 Å². The van der Waals surface area contributed by atoms with Gasteiger partial charge in [-0.2, -0.15) is 0 Å². The van der Waals surface area contributed by atoms with E-state index in [2.05, 4.69) is 90.1 Å². The fraction of sp³-hybridized carbons (Fsp3) is 0.855. The Morgan fingerprint density at radius 1 is 0.297 bits per heavy atom. The van der Waals surface area contributed by atoms with Crippen molar-refractivity contribution in [2.24, 2.45) is 17.3 Å². The Kier molecular flexibility index (Phi) is 52.2. The van der Waals surface area contributed by atoms with Gasteiger partial charge in [0.05, 0.1) is 25.4 Å². The molecule has 8 heteroatoms. The molecule has 2 aliphatic rings. The molecule has 0 atom stereocenters. The lowest BCUT2D eigenvalue weighted by Gasteiger charge is -2.46. The Labute approximate surface area is 569 Å². The quantitative estimate of drug-likeness (QED) is 0.0486. The topological polar surface area (TPSA) is 55.4 Å². The van der Waals surface area contributed by atoms with Crippen LogP contribution in [-0.2, 0) is 30.9 Å². The van der Waals surface area contributed by atoms with Crippen molar-refractivity contribution in [1.29, 1.82) is 0 Å². The van der Waals surface area contributed by atoms with Crippen LogP contribution in [0.25, 0.3) is 0 Å². The molecular weight excluding hydrogens is 1150 g/mol. The number of aryl methyl sites for hydroxylation is 2. The van der Waals surface area contributed by atoms with Crippen molar-refractivity contribution in [1.82, 2.24) is 0 Å². The summed E-state index contributed by atoms with van der Waals surface area (Å²) in [6, 6.07) is 17.5. The first-order valence-electron chi connectivity index (χ1n) is 40.6. The summed E-state index contributed by atoms with van der Waals surface area (Å²) in [6.45, 7) is 15.9. The van der Waals surface area contributed by atoms with Crippen LogP contribution in [0.3, 0.4) is 0 Å². The summed E-state index contributed by atoms with van der Waals surface area (Å²) in [7, 11) is -2.98. The van der Waals surface area contributed by atoms with E-state index in [4.69, 9.17) is 27.1 Å². The van der Waals surface area contributed by atoms with Gasteiger partial charge in [0.25, 0.3) is 0 Å². The molecule has 0 aliphatic heterocycles. The molecule has 0 bridgehead atoms. The van der Waals surface area contributed by atoms with Gasteiger partial charge in [0.2, 0.25) is 0 Å². The minimum atomic E-state index is -1.66. The van der Waals surface area contributed by atoms with Crippen molar-refractivity contribution in [2.45, 2.75) is 426 Å². The van der Waals surface area contributed by atoms with E-state index in [-0.39, 0.29) is 17.6 Å². The molecule has 4 rings (SSSR count). The van der Waals surface area contributed by atoms with Crippen LogP contribution in [0.15, 0.2) is 48.5 Å². The van der Waals surface area contributed by atoms with E-state index in [0.29, 0.717) is 11.8 Å². The molecule has 528 valence electrons. The molecule has 2 aliphatic carbocycles. The van der Waals surface area contributed by atoms with Gasteiger partial charge in [-0.3, -0.25) is 4.52 Å². The van der Waals surface area contributed by atoms with Gasteiger partial charge in [-0.25, -0.2) is 0 Å². The first-order chi connectivity index (χ1) is 44.9. The van der Waals surface area contributed by atoms with E-state index < -0.39 is 17.2 Å². The lowest BCUT2D eigenvalue weighted by molar-refractivity contribution is 0.00529. The largest absolute Gasteiger partial charge is 0.463 e. The number of benzene rings is 2. The average molecular weight is 1310 g/mol. The van der Waals surface area contributed by atoms with Gasteiger partial charge < -0.3 is 22.6 Å². The Hall–Kier alpha value is -1.26. The molecule has 0 unspecified atom stereocenters. The van der Waals surface area contributed by atoms with Crippen LogP contribution in [0, 0.1) is 17.3 Å². The zero-order valence-corrected chi connectivity index (χ0v) is 63.0. The Balaban J connectivity index is 1.27. The fourth-order valence-corrected chi connectivity index (χ4v) is 17.3. The Morgan fingerprint density at radius 3 is 0.824 bits per heavy atom. The molecule has 2 aromatic carbocycles. The van der Waals surface area contributed by atoms with E-state index in [0.717, 1.165) is 76.1 Å². The van der Waals surface area contributed by atoms with Crippen LogP contribution in [0.1, 0.15) is 412 Å². The average Bonchev–Trinajstić information content (AvgIpc) is 2.92. The van der Waals surface area contributed by atoms with Gasteiger partial charge in [-0.15, -0.1) is 0 Å². The molecule has 0 spiro atoms. The first-order valence-corrected chi connectivity index (χ1v) is 42.8. The van der Waals surface area contributed by atoms with E-state index in [1.807, 2.05) is 0 Å². The van der Waals surface area contributed by atoms with Crippen LogP contribution < -0.4 is 9.05 Å². The second-order valence-corrected chi connectivity index (χ2v) is 31.7. The Morgan fingerprint density at radius 2 is 0.538 bits per heavy atom. The number of para-hydroxylation sites is 2. The predicted molar refractivity (Wildman–Crippen MR) is 399 cm³/mol. The second kappa shape index (κ2) is 57.8. The predicted octanol–water partition coefficient (Wildman–Crippen LogP) is 29.7. The SMILES string of the molecule is CCCCCCCCCCCCCCOP(OCCCCCCCCCCCCCC)OC1CCC(C(C)(C)C2CCC(OP(Oc3ccccc3CCCCCCCCCCCCCC)Oc3ccccc3CCCCCCCCCCCCCC)CC2)CC1. The van der Waals surface area contributed by atoms with E-state index in [1.165, 1.54) is 332 Å². The third kappa shape index (κ3) is 41.6. The van der Waals surface area contributed by atoms with Crippen molar-refractivity contribution in [3.05, 3.63) is 59.7 Å². The number of hydrogen-bond acceptors (Lipinski definition) is 6. The summed E-state index contributed by atoms with van der Waals surface area (Å²) in [4.78, 5) is 0. The highest BCUT2D eigenvalue weighted by Gasteiger charge is 2.42. The molecular formula is C83H150O6P2. The highest BCUT2D eigenvalue weighted by Crippen LogP contribution is 2.53. The number of rotatable bonds is 64. The van der Waals surface area contributed by atoms with Crippen molar-refractivity contribution in [3.63, 3.8) is 0 Å². The van der Waals surface area contributed by atoms with Crippen LogP contribution in [0.5, 0.6) is 11.5 Å². The Bertz CT molecular complexity index is 1780. The molecule has 6 nitrogen and oxygen atoms in total. The molecule has 2 fully saturated rings. The molecule has 0 heterocycles. The molecule has 0 N–H and O–H groups in total. The maximum absolute atomic E-state index is 7.14. The lowest BCUT2D eigenvalue weighted by Crippen LogP contribution is -2.39. The molecule has 2 aromatic rings. The third-order valence-corrected chi connectivity index (χ3v) is 23.6. The van der Waals surface area contributed by atoms with E-state index in [9.17, 15) is 0 Å². The minimum Gasteiger partial charge on any atom is -0.417 e. The standard InChI is InChI=1S/C83H150O6P2/c1-7-11-15-19-23-27-31-35-39-43-47-51-59-75-61-53-55-63-81(75)88-91(89-82-64-56-54-62-76(82)60-52-48-44-40-36-32-28-24-20-16-12-8-2)87-80-71-67-78(68-72-80)83(5,6)77-65-69-79(70-66-77)86-90(84-73-57-49-45-41-37-33-29-25-21-17-13-9-3)85-74-58-50-46-42-38-34-30-26-22-18-14-10-4/h53-56,61-64,77-80H,7-52,57-60,65-74H2,1-6H3. The highest BCUT2D eigenvalue weighted by atomic mass is 31.2. The zero-order valence-electron chi connectivity index (χ0n) is 61.2. The first kappa shape index (κ1) is 82.2. The maximum Gasteiger partial charge on any atom is 0.463 e. The summed E-state index contributed by atoms with van der Waals surface area (Å²) in [5, 5.41) is 0. The fourth-order valence-electron chi connectivity index (χ4n) is 14.8. The van der Waals surface area contributed by atoms with Crippen LogP contribution in [-0.4, -0.2) is 25.4 Å². The number of hydrogen-bond donors (Lipinski definition) is 0. The van der Waals surface area contributed by atoms with Gasteiger partial charge in [-0.05, 0) is 130 Å². The van der Waals surface area contributed by atoms with Crippen molar-refractivity contribution in [2.75, 3.05) is 13.2 Å². The molecule has 0 amide bonds. The molecule has 91 heavy (non-hydrogen) atoms. The van der Waals surface area contributed by atoms with Gasteiger partial charge >= 0.3 is 17.2 Å². The lowest BCUT2D eigenvalue weighted by atomic mass is 9.60. The van der Waals surface area contributed by atoms with E-state index >= 15 is 0 Å². The summed E-state index contributed by atoms with van der Waals surface area (Å²) in [6.07, 6.45) is 76.8. The second-order valence-electron chi connectivity index (χ2n) is 29.5. The zero-order chi connectivity index (χ0) is 64.6. The van der Waals surface area contributed by atoms with Gasteiger partial charge in [0.15, 0.2) is 0 Å². The highest BCUT2D eigenvalue weighted by molar-refractivity contribution is 7.42. The van der Waals surface area contributed by atoms with Gasteiger partial charge in [-0.1, -0.05) is 360 Å². The normalized spacial score (nSPS) is 17.2. The van der Waals surface area contributed by atoms with Crippen molar-refractivity contribution < 1.29 is 27.1 Å². The number of unbranched alkanes of at least 4 members (excludes halogenated alkanes) is 44. The summed E-state index contributed by atoms with van der Waals surface area (Å²) >= 11 is 0. The van der Waals surface area contributed by atoms with Crippen LogP contribution in [0.4, 0.5) is 0 Å². The minimum absolute atomic E-state index is 0.123. The van der Waals surface area contributed by atoms with Gasteiger partial charge in [0, 0.05) is 0 Å².